The molecule has 8 nitrogen and oxygen atoms in total. The topological polar surface area (TPSA) is 129 Å². The number of halogens is 1. The molecule has 0 spiro atoms. The van der Waals surface area contributed by atoms with Crippen molar-refractivity contribution >= 4 is 11.6 Å². The van der Waals surface area contributed by atoms with Crippen molar-refractivity contribution in [2.45, 2.75) is 42.7 Å². The molecule has 2 aromatic rings. The van der Waals surface area contributed by atoms with Crippen molar-refractivity contribution in [2.24, 2.45) is 0 Å². The molecule has 9 heteroatoms. The highest BCUT2D eigenvalue weighted by Gasteiger charge is 2.67. The predicted molar refractivity (Wildman–Crippen MR) is 110 cm³/mol. The summed E-state index contributed by atoms with van der Waals surface area (Å²) in [5.41, 5.74) is -0.394. The van der Waals surface area contributed by atoms with Gasteiger partial charge in [0.1, 0.15) is 35.8 Å². The first-order valence-electron chi connectivity index (χ1n) is 9.98. The van der Waals surface area contributed by atoms with Gasteiger partial charge in [0.25, 0.3) is 0 Å². The Labute approximate surface area is 184 Å². The Morgan fingerprint density at radius 2 is 1.84 bits per heavy atom. The summed E-state index contributed by atoms with van der Waals surface area (Å²) in [6.07, 6.45) is -5.89. The lowest BCUT2D eigenvalue weighted by molar-refractivity contribution is -0.329. The molecule has 0 saturated carbocycles. The number of hydrogen-bond acceptors (Lipinski definition) is 8. The van der Waals surface area contributed by atoms with Crippen LogP contribution in [0, 0.1) is 0 Å². The fourth-order valence-electron chi connectivity index (χ4n) is 4.14. The maximum absolute atomic E-state index is 10.9. The monoisotopic (exact) mass is 452 g/mol. The van der Waals surface area contributed by atoms with Gasteiger partial charge in [0.05, 0.1) is 19.8 Å². The van der Waals surface area contributed by atoms with Gasteiger partial charge in [0, 0.05) is 16.1 Å². The van der Waals surface area contributed by atoms with Gasteiger partial charge < -0.3 is 39.7 Å². The van der Waals surface area contributed by atoms with Crippen LogP contribution in [0.1, 0.15) is 29.7 Å². The molecule has 0 aliphatic carbocycles. The third kappa shape index (κ3) is 3.53. The standard InChI is InChI=1S/C22H25ClO8/c1-2-29-14-6-3-12(4-7-14)17(25)15-9-13(5-8-16(15)23)22-20(28)18(26)19(27)21(10-24,31-22)11-30-22/h3-9,17-20,24-28H,2,10-11H2,1H3/t17-,18+,19+,20-,21+,22+/m1/s1. The highest BCUT2D eigenvalue weighted by atomic mass is 35.5. The lowest BCUT2D eigenvalue weighted by atomic mass is 9.83. The Morgan fingerprint density at radius 3 is 2.48 bits per heavy atom. The predicted octanol–water partition coefficient (Wildman–Crippen LogP) is 0.847. The van der Waals surface area contributed by atoms with Crippen LogP contribution >= 0.6 is 11.6 Å². The van der Waals surface area contributed by atoms with Crippen LogP contribution in [0.5, 0.6) is 5.75 Å². The van der Waals surface area contributed by atoms with Crippen molar-refractivity contribution in [2.75, 3.05) is 19.8 Å². The molecule has 2 aromatic carbocycles. The van der Waals surface area contributed by atoms with Crippen LogP contribution in [0.15, 0.2) is 42.5 Å². The molecular formula is C22H25ClO8. The summed E-state index contributed by atoms with van der Waals surface area (Å²) in [5.74, 6) is -1.16. The van der Waals surface area contributed by atoms with E-state index in [1.807, 2.05) is 6.92 Å². The minimum Gasteiger partial charge on any atom is -0.494 e. The maximum Gasteiger partial charge on any atom is 0.225 e. The van der Waals surface area contributed by atoms with Crippen molar-refractivity contribution in [3.63, 3.8) is 0 Å². The summed E-state index contributed by atoms with van der Waals surface area (Å²) in [6, 6.07) is 11.5. The fourth-order valence-corrected chi connectivity index (χ4v) is 4.36. The van der Waals surface area contributed by atoms with Crippen LogP contribution in [0.4, 0.5) is 0 Å². The van der Waals surface area contributed by atoms with E-state index in [1.54, 1.807) is 24.3 Å². The summed E-state index contributed by atoms with van der Waals surface area (Å²) in [7, 11) is 0. The van der Waals surface area contributed by atoms with Gasteiger partial charge in [0.15, 0.2) is 0 Å². The van der Waals surface area contributed by atoms with Gasteiger partial charge >= 0.3 is 0 Å². The lowest BCUT2D eigenvalue weighted by Gasteiger charge is -2.46. The second-order valence-electron chi connectivity index (χ2n) is 7.80. The van der Waals surface area contributed by atoms with E-state index in [0.717, 1.165) is 0 Å². The second kappa shape index (κ2) is 8.31. The van der Waals surface area contributed by atoms with Crippen LogP contribution in [0.3, 0.4) is 0 Å². The van der Waals surface area contributed by atoms with E-state index in [0.29, 0.717) is 23.5 Å². The third-order valence-electron chi connectivity index (χ3n) is 5.93. The number of rotatable bonds is 6. The molecule has 2 bridgehead atoms. The number of benzene rings is 2. The Morgan fingerprint density at radius 1 is 1.13 bits per heavy atom. The smallest absolute Gasteiger partial charge is 0.225 e. The van der Waals surface area contributed by atoms with E-state index < -0.39 is 42.4 Å². The average Bonchev–Trinajstić information content (AvgIpc) is 3.17. The molecule has 0 radical (unpaired) electrons. The van der Waals surface area contributed by atoms with Crippen LogP contribution in [0.25, 0.3) is 0 Å². The quantitative estimate of drug-likeness (QED) is 0.436. The molecule has 6 atom stereocenters. The van der Waals surface area contributed by atoms with E-state index in [4.69, 9.17) is 25.8 Å². The zero-order chi connectivity index (χ0) is 22.4. The fraction of sp³-hybridized carbons (Fsp3) is 0.455. The van der Waals surface area contributed by atoms with Crippen molar-refractivity contribution in [3.05, 3.63) is 64.2 Å². The normalized spacial score (nSPS) is 33.3. The molecule has 5 N–H and O–H groups in total. The van der Waals surface area contributed by atoms with Crippen LogP contribution < -0.4 is 4.74 Å². The van der Waals surface area contributed by atoms with E-state index in [-0.39, 0.29) is 17.2 Å². The van der Waals surface area contributed by atoms with E-state index >= 15 is 0 Å². The van der Waals surface area contributed by atoms with E-state index in [9.17, 15) is 25.5 Å². The number of hydrogen-bond donors (Lipinski definition) is 5. The van der Waals surface area contributed by atoms with Gasteiger partial charge in [0.2, 0.25) is 5.79 Å². The van der Waals surface area contributed by atoms with Gasteiger partial charge in [-0.15, -0.1) is 0 Å². The minimum atomic E-state index is -1.83. The molecule has 2 aliphatic heterocycles. The van der Waals surface area contributed by atoms with Gasteiger partial charge in [-0.25, -0.2) is 0 Å². The molecule has 168 valence electrons. The molecule has 31 heavy (non-hydrogen) atoms. The van der Waals surface area contributed by atoms with Gasteiger partial charge in [-0.2, -0.15) is 0 Å². The Bertz CT molecular complexity index is 938. The summed E-state index contributed by atoms with van der Waals surface area (Å²) in [4.78, 5) is 0. The number of fused-ring (bicyclic) bond motifs is 2. The summed E-state index contributed by atoms with van der Waals surface area (Å²) >= 11 is 6.34. The maximum atomic E-state index is 10.9. The average molecular weight is 453 g/mol. The van der Waals surface area contributed by atoms with Crippen molar-refractivity contribution in [1.82, 2.24) is 0 Å². The Kier molecular flexibility index (Phi) is 6.01. The van der Waals surface area contributed by atoms with Crippen molar-refractivity contribution in [1.29, 1.82) is 0 Å². The number of aliphatic hydroxyl groups is 5. The van der Waals surface area contributed by atoms with Gasteiger partial charge in [-0.05, 0) is 36.8 Å². The molecule has 0 unspecified atom stereocenters. The van der Waals surface area contributed by atoms with Crippen molar-refractivity contribution in [3.8, 4) is 5.75 Å². The summed E-state index contributed by atoms with van der Waals surface area (Å²) < 4.78 is 17.0. The van der Waals surface area contributed by atoms with Gasteiger partial charge in [-0.3, -0.25) is 0 Å². The third-order valence-corrected chi connectivity index (χ3v) is 6.27. The molecule has 4 rings (SSSR count). The molecule has 2 heterocycles. The highest BCUT2D eigenvalue weighted by molar-refractivity contribution is 6.31. The zero-order valence-corrected chi connectivity index (χ0v) is 17.6. The number of ether oxygens (including phenoxy) is 3. The molecule has 0 amide bonds. The summed E-state index contributed by atoms with van der Waals surface area (Å²) in [6.45, 7) is 1.55. The number of aliphatic hydroxyl groups excluding tert-OH is 5. The Hall–Kier alpha value is -1.75. The zero-order valence-electron chi connectivity index (χ0n) is 16.8. The molecule has 2 aliphatic rings. The molecule has 2 fully saturated rings. The Balaban J connectivity index is 1.71. The second-order valence-corrected chi connectivity index (χ2v) is 8.21. The first-order valence-corrected chi connectivity index (χ1v) is 10.4. The van der Waals surface area contributed by atoms with E-state index in [1.165, 1.54) is 18.2 Å². The SMILES string of the molecule is CCOc1ccc([C@@H](O)c2cc([C@]34OC[C@](CO)(O3)[C@@H](O)[C@H](O)[C@H]4O)ccc2Cl)cc1. The summed E-state index contributed by atoms with van der Waals surface area (Å²) in [5, 5.41) is 52.4. The van der Waals surface area contributed by atoms with E-state index in [2.05, 4.69) is 0 Å². The molecule has 2 saturated heterocycles. The van der Waals surface area contributed by atoms with Gasteiger partial charge in [-0.1, -0.05) is 29.8 Å². The van der Waals surface area contributed by atoms with Crippen LogP contribution in [-0.4, -0.2) is 69.3 Å². The van der Waals surface area contributed by atoms with Crippen LogP contribution in [-0.2, 0) is 15.3 Å². The minimum absolute atomic E-state index is 0.238. The lowest BCUT2D eigenvalue weighted by Crippen LogP contribution is -2.65. The molecular weight excluding hydrogens is 428 g/mol. The largest absolute Gasteiger partial charge is 0.494 e. The first-order chi connectivity index (χ1) is 14.8. The molecule has 0 aromatic heterocycles. The van der Waals surface area contributed by atoms with Crippen molar-refractivity contribution < 1.29 is 39.7 Å². The van der Waals surface area contributed by atoms with Crippen LogP contribution in [0.2, 0.25) is 5.02 Å². The highest BCUT2D eigenvalue weighted by Crippen LogP contribution is 2.50. The first kappa shape index (κ1) is 22.4.